The van der Waals surface area contributed by atoms with Gasteiger partial charge in [0, 0.05) is 17.2 Å². The molecule has 5 nitrogen and oxygen atoms in total. The maximum Gasteiger partial charge on any atom is 0.271 e. The first-order chi connectivity index (χ1) is 11.1. The van der Waals surface area contributed by atoms with E-state index in [2.05, 4.69) is 10.5 Å². The molecule has 0 spiro atoms. The number of amides is 1. The van der Waals surface area contributed by atoms with E-state index in [0.29, 0.717) is 22.8 Å². The lowest BCUT2D eigenvalue weighted by Crippen LogP contribution is -2.20. The van der Waals surface area contributed by atoms with Crippen LogP contribution in [0.2, 0.25) is 0 Å². The molecule has 0 saturated heterocycles. The number of benzene rings is 2. The Bertz CT molecular complexity index is 739. The van der Waals surface area contributed by atoms with Crippen LogP contribution in [0.25, 0.3) is 0 Å². The maximum absolute atomic E-state index is 12.2. The van der Waals surface area contributed by atoms with Gasteiger partial charge in [0.1, 0.15) is 11.5 Å². The molecule has 2 aromatic carbocycles. The number of nitrogens with one attached hydrogen (secondary N) is 1. The Kier molecular flexibility index (Phi) is 5.36. The Balaban J connectivity index is 2.20. The van der Waals surface area contributed by atoms with Gasteiger partial charge in [-0.25, -0.2) is 5.43 Å². The van der Waals surface area contributed by atoms with E-state index in [1.54, 1.807) is 26.4 Å². The Hall–Kier alpha value is -2.82. The lowest BCUT2D eigenvalue weighted by atomic mass is 10.1. The molecule has 0 fully saturated rings. The van der Waals surface area contributed by atoms with Gasteiger partial charge in [0.25, 0.3) is 5.91 Å². The molecule has 23 heavy (non-hydrogen) atoms. The van der Waals surface area contributed by atoms with E-state index in [4.69, 9.17) is 9.47 Å². The first-order valence-corrected chi connectivity index (χ1v) is 7.19. The molecular weight excluding hydrogens is 292 g/mol. The highest BCUT2D eigenvalue weighted by Gasteiger charge is 2.10. The van der Waals surface area contributed by atoms with Gasteiger partial charge in [-0.1, -0.05) is 18.2 Å². The standard InChI is InChI=1S/C18H20N2O3/c1-12-7-5-6-8-15(12)18(21)20-19-13(2)16-10-9-14(22-3)11-17(16)23-4/h5-11H,1-4H3,(H,20,21). The minimum Gasteiger partial charge on any atom is -0.497 e. The van der Waals surface area contributed by atoms with Crippen LogP contribution < -0.4 is 14.9 Å². The molecule has 1 amide bonds. The van der Waals surface area contributed by atoms with Crippen LogP contribution in [0.15, 0.2) is 47.6 Å². The summed E-state index contributed by atoms with van der Waals surface area (Å²) in [6.45, 7) is 3.69. The molecule has 0 aliphatic carbocycles. The number of carbonyl (C=O) groups is 1. The minimum absolute atomic E-state index is 0.241. The summed E-state index contributed by atoms with van der Waals surface area (Å²) in [6.07, 6.45) is 0. The first kappa shape index (κ1) is 16.5. The van der Waals surface area contributed by atoms with E-state index >= 15 is 0 Å². The van der Waals surface area contributed by atoms with Crippen LogP contribution in [0.5, 0.6) is 11.5 Å². The summed E-state index contributed by atoms with van der Waals surface area (Å²) in [5.41, 5.74) is 5.52. The molecule has 0 atom stereocenters. The summed E-state index contributed by atoms with van der Waals surface area (Å²) in [5.74, 6) is 1.09. The van der Waals surface area contributed by atoms with E-state index in [0.717, 1.165) is 11.1 Å². The van der Waals surface area contributed by atoms with Crippen LogP contribution in [0.3, 0.4) is 0 Å². The zero-order valence-corrected chi connectivity index (χ0v) is 13.7. The number of rotatable bonds is 5. The summed E-state index contributed by atoms with van der Waals surface area (Å²) < 4.78 is 10.5. The van der Waals surface area contributed by atoms with Gasteiger partial charge >= 0.3 is 0 Å². The van der Waals surface area contributed by atoms with Crippen LogP contribution in [0.4, 0.5) is 0 Å². The third-order valence-electron chi connectivity index (χ3n) is 3.51. The lowest BCUT2D eigenvalue weighted by molar-refractivity contribution is 0.0954. The number of aryl methyl sites for hydroxylation is 1. The molecule has 0 heterocycles. The number of ether oxygens (including phenoxy) is 2. The van der Waals surface area contributed by atoms with Crippen molar-refractivity contribution >= 4 is 11.6 Å². The van der Waals surface area contributed by atoms with Crippen molar-refractivity contribution in [3.63, 3.8) is 0 Å². The summed E-state index contributed by atoms with van der Waals surface area (Å²) in [5, 5.41) is 4.17. The van der Waals surface area contributed by atoms with Crippen LogP contribution >= 0.6 is 0 Å². The number of carbonyl (C=O) groups excluding carboxylic acids is 1. The second-order valence-corrected chi connectivity index (χ2v) is 5.02. The zero-order chi connectivity index (χ0) is 16.8. The fraction of sp³-hybridized carbons (Fsp3) is 0.222. The Morgan fingerprint density at radius 3 is 2.43 bits per heavy atom. The van der Waals surface area contributed by atoms with Gasteiger partial charge in [0.05, 0.1) is 19.9 Å². The topological polar surface area (TPSA) is 59.9 Å². The highest BCUT2D eigenvalue weighted by atomic mass is 16.5. The third kappa shape index (κ3) is 3.88. The Morgan fingerprint density at radius 1 is 1.04 bits per heavy atom. The highest BCUT2D eigenvalue weighted by Crippen LogP contribution is 2.25. The van der Waals surface area contributed by atoms with Gasteiger partial charge < -0.3 is 9.47 Å². The predicted molar refractivity (Wildman–Crippen MR) is 90.4 cm³/mol. The molecule has 0 aliphatic heterocycles. The van der Waals surface area contributed by atoms with Crippen molar-refractivity contribution < 1.29 is 14.3 Å². The predicted octanol–water partition coefficient (Wildman–Crippen LogP) is 3.17. The molecule has 0 aliphatic rings. The van der Waals surface area contributed by atoms with Crippen molar-refractivity contribution in [2.45, 2.75) is 13.8 Å². The fourth-order valence-corrected chi connectivity index (χ4v) is 2.18. The molecule has 2 rings (SSSR count). The second kappa shape index (κ2) is 7.45. The van der Waals surface area contributed by atoms with Gasteiger partial charge in [-0.2, -0.15) is 5.10 Å². The fourth-order valence-electron chi connectivity index (χ4n) is 2.18. The third-order valence-corrected chi connectivity index (χ3v) is 3.51. The molecule has 0 saturated carbocycles. The number of hydrazone groups is 1. The zero-order valence-electron chi connectivity index (χ0n) is 13.7. The van der Waals surface area contributed by atoms with Crippen LogP contribution in [-0.4, -0.2) is 25.8 Å². The van der Waals surface area contributed by atoms with Crippen molar-refractivity contribution in [1.29, 1.82) is 0 Å². The van der Waals surface area contributed by atoms with E-state index in [1.807, 2.05) is 44.2 Å². The summed E-state index contributed by atoms with van der Waals surface area (Å²) in [7, 11) is 3.18. The number of nitrogens with zero attached hydrogens (tertiary/aromatic N) is 1. The number of methoxy groups -OCH3 is 2. The van der Waals surface area contributed by atoms with E-state index in [1.165, 1.54) is 0 Å². The lowest BCUT2D eigenvalue weighted by Gasteiger charge is -2.10. The van der Waals surface area contributed by atoms with E-state index in [-0.39, 0.29) is 5.91 Å². The highest BCUT2D eigenvalue weighted by molar-refractivity contribution is 6.03. The maximum atomic E-state index is 12.2. The number of hydrogen-bond acceptors (Lipinski definition) is 4. The molecule has 0 radical (unpaired) electrons. The average Bonchev–Trinajstić information content (AvgIpc) is 2.59. The van der Waals surface area contributed by atoms with Gasteiger partial charge in [-0.15, -0.1) is 0 Å². The molecule has 1 N–H and O–H groups in total. The Labute approximate surface area is 135 Å². The Morgan fingerprint density at radius 2 is 1.78 bits per heavy atom. The summed E-state index contributed by atoms with van der Waals surface area (Å²) >= 11 is 0. The van der Waals surface area contributed by atoms with Gasteiger partial charge in [-0.3, -0.25) is 4.79 Å². The molecule has 0 bridgehead atoms. The SMILES string of the molecule is COc1ccc(C(C)=NNC(=O)c2ccccc2C)c(OC)c1. The quantitative estimate of drug-likeness (QED) is 0.681. The van der Waals surface area contributed by atoms with Crippen LogP contribution in [0, 0.1) is 6.92 Å². The number of hydrogen-bond donors (Lipinski definition) is 1. The van der Waals surface area contributed by atoms with Crippen molar-refractivity contribution in [2.24, 2.45) is 5.10 Å². The van der Waals surface area contributed by atoms with Crippen LogP contribution in [0.1, 0.15) is 28.4 Å². The molecule has 120 valence electrons. The van der Waals surface area contributed by atoms with Gasteiger partial charge in [-0.05, 0) is 37.6 Å². The van der Waals surface area contributed by atoms with Crippen molar-refractivity contribution in [1.82, 2.24) is 5.43 Å². The summed E-state index contributed by atoms with van der Waals surface area (Å²) in [6, 6.07) is 12.8. The molecular formula is C18H20N2O3. The van der Waals surface area contributed by atoms with Crippen molar-refractivity contribution in [3.05, 3.63) is 59.2 Å². The molecule has 2 aromatic rings. The largest absolute Gasteiger partial charge is 0.497 e. The second-order valence-electron chi connectivity index (χ2n) is 5.02. The normalized spacial score (nSPS) is 11.0. The smallest absolute Gasteiger partial charge is 0.271 e. The summed E-state index contributed by atoms with van der Waals surface area (Å²) in [4.78, 5) is 12.2. The van der Waals surface area contributed by atoms with E-state index < -0.39 is 0 Å². The van der Waals surface area contributed by atoms with Gasteiger partial charge in [0.15, 0.2) is 0 Å². The van der Waals surface area contributed by atoms with Crippen molar-refractivity contribution in [2.75, 3.05) is 14.2 Å². The minimum atomic E-state index is -0.241. The average molecular weight is 312 g/mol. The molecule has 0 aromatic heterocycles. The molecule has 0 unspecified atom stereocenters. The first-order valence-electron chi connectivity index (χ1n) is 7.19. The monoisotopic (exact) mass is 312 g/mol. The van der Waals surface area contributed by atoms with Crippen LogP contribution in [-0.2, 0) is 0 Å². The van der Waals surface area contributed by atoms with E-state index in [9.17, 15) is 4.79 Å². The van der Waals surface area contributed by atoms with Crippen molar-refractivity contribution in [3.8, 4) is 11.5 Å². The molecule has 5 heteroatoms. The van der Waals surface area contributed by atoms with Gasteiger partial charge in [0.2, 0.25) is 0 Å².